The number of nitrogens with zero attached hydrogens (tertiary/aromatic N) is 1. The molecule has 1 aliphatic heterocycles. The van der Waals surface area contributed by atoms with Crippen LogP contribution in [0.25, 0.3) is 5.57 Å². The molecule has 0 spiro atoms. The van der Waals surface area contributed by atoms with Gasteiger partial charge in [-0.15, -0.1) is 6.58 Å². The molecule has 0 atom stereocenters. The summed E-state index contributed by atoms with van der Waals surface area (Å²) in [7, 11) is -4.20. The number of rotatable bonds is 6. The monoisotopic (exact) mass is 478 g/mol. The average molecular weight is 479 g/mol. The first-order valence-electron chi connectivity index (χ1n) is 10.5. The van der Waals surface area contributed by atoms with Crippen LogP contribution in [-0.4, -0.2) is 20.9 Å². The second-order valence-electron chi connectivity index (χ2n) is 7.56. The van der Waals surface area contributed by atoms with E-state index in [2.05, 4.69) is 11.9 Å². The summed E-state index contributed by atoms with van der Waals surface area (Å²) in [5, 5.41) is 3.20. The maximum absolute atomic E-state index is 13.8. The molecular weight excluding hydrogens is 456 g/mol. The minimum atomic E-state index is -4.20. The van der Waals surface area contributed by atoms with Crippen molar-refractivity contribution in [1.82, 2.24) is 0 Å². The van der Waals surface area contributed by atoms with Crippen LogP contribution in [0.2, 0.25) is 5.02 Å². The summed E-state index contributed by atoms with van der Waals surface area (Å²) in [6.45, 7) is 5.75. The van der Waals surface area contributed by atoms with E-state index in [9.17, 15) is 13.2 Å². The Kier molecular flexibility index (Phi) is 6.40. The van der Waals surface area contributed by atoms with Gasteiger partial charge in [-0.25, -0.2) is 8.42 Å². The van der Waals surface area contributed by atoms with Crippen LogP contribution in [0.4, 0.5) is 11.4 Å². The van der Waals surface area contributed by atoms with Crippen molar-refractivity contribution in [1.29, 1.82) is 0 Å². The SMILES string of the molecule is C=CCN1c2ccc(Cl)cc2C(c2ccccc2)=C(C(=O)Nc2ccc(CC)cc2)S1(=O)=O. The highest BCUT2D eigenvalue weighted by Gasteiger charge is 2.41. The molecule has 0 unspecified atom stereocenters. The molecule has 4 rings (SSSR count). The van der Waals surface area contributed by atoms with Crippen molar-refractivity contribution in [2.24, 2.45) is 0 Å². The molecule has 168 valence electrons. The summed E-state index contributed by atoms with van der Waals surface area (Å²) in [6.07, 6.45) is 2.35. The van der Waals surface area contributed by atoms with E-state index in [1.54, 1.807) is 54.6 Å². The highest BCUT2D eigenvalue weighted by molar-refractivity contribution is 7.97. The minimum Gasteiger partial charge on any atom is -0.321 e. The molecule has 0 radical (unpaired) electrons. The van der Waals surface area contributed by atoms with E-state index >= 15 is 0 Å². The lowest BCUT2D eigenvalue weighted by molar-refractivity contribution is -0.112. The minimum absolute atomic E-state index is 0.0149. The molecule has 1 aliphatic rings. The molecule has 3 aromatic carbocycles. The summed E-state index contributed by atoms with van der Waals surface area (Å²) in [6, 6.07) is 21.3. The zero-order valence-corrected chi connectivity index (χ0v) is 19.7. The molecule has 0 fully saturated rings. The van der Waals surface area contributed by atoms with E-state index in [0.717, 1.165) is 12.0 Å². The maximum Gasteiger partial charge on any atom is 0.270 e. The third-order valence-electron chi connectivity index (χ3n) is 5.46. The van der Waals surface area contributed by atoms with Crippen LogP contribution in [0, 0.1) is 0 Å². The van der Waals surface area contributed by atoms with Crippen molar-refractivity contribution in [2.75, 3.05) is 16.2 Å². The summed E-state index contributed by atoms with van der Waals surface area (Å²) >= 11 is 6.30. The van der Waals surface area contributed by atoms with Crippen molar-refractivity contribution in [3.63, 3.8) is 0 Å². The largest absolute Gasteiger partial charge is 0.321 e. The summed E-state index contributed by atoms with van der Waals surface area (Å²) in [5.41, 5.74) is 3.56. The van der Waals surface area contributed by atoms with Crippen LogP contribution < -0.4 is 9.62 Å². The van der Waals surface area contributed by atoms with Crippen LogP contribution in [0.1, 0.15) is 23.6 Å². The second-order valence-corrected chi connectivity index (χ2v) is 9.80. The summed E-state index contributed by atoms with van der Waals surface area (Å²) in [5.74, 6) is -0.710. The number of aryl methyl sites for hydroxylation is 1. The van der Waals surface area contributed by atoms with Crippen molar-refractivity contribution in [2.45, 2.75) is 13.3 Å². The Morgan fingerprint density at radius 2 is 1.76 bits per heavy atom. The average Bonchev–Trinajstić information content (AvgIpc) is 2.81. The fourth-order valence-corrected chi connectivity index (χ4v) is 5.75. The Balaban J connectivity index is 1.96. The highest BCUT2D eigenvalue weighted by atomic mass is 35.5. The van der Waals surface area contributed by atoms with Gasteiger partial charge in [0.2, 0.25) is 0 Å². The van der Waals surface area contributed by atoms with Gasteiger partial charge in [0, 0.05) is 21.8 Å². The second kappa shape index (κ2) is 9.25. The Morgan fingerprint density at radius 1 is 1.06 bits per heavy atom. The van der Waals surface area contributed by atoms with Gasteiger partial charge in [-0.2, -0.15) is 0 Å². The maximum atomic E-state index is 13.8. The number of carbonyl (C=O) groups excluding carboxylic acids is 1. The molecule has 0 saturated heterocycles. The van der Waals surface area contributed by atoms with Gasteiger partial charge in [-0.05, 0) is 47.9 Å². The van der Waals surface area contributed by atoms with E-state index in [4.69, 9.17) is 11.6 Å². The molecule has 0 aliphatic carbocycles. The van der Waals surface area contributed by atoms with E-state index in [-0.39, 0.29) is 11.4 Å². The highest BCUT2D eigenvalue weighted by Crippen LogP contribution is 2.44. The molecular formula is C26H23ClN2O3S. The molecule has 7 heteroatoms. The number of hydrogen-bond donors (Lipinski definition) is 1. The number of anilines is 2. The van der Waals surface area contributed by atoms with Crippen molar-refractivity contribution >= 4 is 44.5 Å². The zero-order chi connectivity index (χ0) is 23.6. The predicted molar refractivity (Wildman–Crippen MR) is 135 cm³/mol. The molecule has 5 nitrogen and oxygen atoms in total. The lowest BCUT2D eigenvalue weighted by Gasteiger charge is -2.33. The topological polar surface area (TPSA) is 66.5 Å². The zero-order valence-electron chi connectivity index (χ0n) is 18.1. The van der Waals surface area contributed by atoms with Crippen LogP contribution in [-0.2, 0) is 21.2 Å². The number of hydrogen-bond acceptors (Lipinski definition) is 3. The Labute approximate surface area is 199 Å². The smallest absolute Gasteiger partial charge is 0.270 e. The van der Waals surface area contributed by atoms with E-state index in [1.807, 2.05) is 25.1 Å². The normalized spacial score (nSPS) is 14.5. The molecule has 1 amide bonds. The number of sulfonamides is 1. The predicted octanol–water partition coefficient (Wildman–Crippen LogP) is 5.64. The number of halogens is 1. The third-order valence-corrected chi connectivity index (χ3v) is 7.52. The van der Waals surface area contributed by atoms with Crippen LogP contribution >= 0.6 is 11.6 Å². The Bertz CT molecular complexity index is 1350. The van der Waals surface area contributed by atoms with Gasteiger partial charge in [0.05, 0.1) is 12.2 Å². The quantitative estimate of drug-likeness (QED) is 0.466. The van der Waals surface area contributed by atoms with Gasteiger partial charge in [-0.1, -0.05) is 67.1 Å². The number of nitrogens with one attached hydrogen (secondary N) is 1. The standard InChI is InChI=1S/C26H23ClN2O3S/c1-3-16-29-23-15-12-20(27)17-22(23)24(19-8-6-5-7-9-19)25(33(29,31)32)26(30)28-21-13-10-18(4-2)11-14-21/h3,5-15,17H,1,4,16H2,2H3,(H,28,30). The first kappa shape index (κ1) is 22.8. The summed E-state index contributed by atoms with van der Waals surface area (Å²) in [4.78, 5) is 13.2. The number of carbonyl (C=O) groups is 1. The van der Waals surface area contributed by atoms with Crippen molar-refractivity contribution in [3.05, 3.63) is 112 Å². The van der Waals surface area contributed by atoms with E-state index in [1.165, 1.54) is 10.4 Å². The van der Waals surface area contributed by atoms with Gasteiger partial charge in [0.25, 0.3) is 15.9 Å². The lowest BCUT2D eigenvalue weighted by Crippen LogP contribution is -2.39. The van der Waals surface area contributed by atoms with Crippen LogP contribution in [0.15, 0.2) is 90.4 Å². The van der Waals surface area contributed by atoms with Crippen LogP contribution in [0.3, 0.4) is 0 Å². The molecule has 33 heavy (non-hydrogen) atoms. The van der Waals surface area contributed by atoms with Gasteiger partial charge >= 0.3 is 0 Å². The van der Waals surface area contributed by atoms with Gasteiger partial charge < -0.3 is 5.32 Å². The van der Waals surface area contributed by atoms with Gasteiger partial charge in [-0.3, -0.25) is 9.10 Å². The van der Waals surface area contributed by atoms with Gasteiger partial charge in [0.15, 0.2) is 4.91 Å². The number of fused-ring (bicyclic) bond motifs is 1. The Morgan fingerprint density at radius 3 is 2.39 bits per heavy atom. The molecule has 0 bridgehead atoms. The van der Waals surface area contributed by atoms with Crippen molar-refractivity contribution < 1.29 is 13.2 Å². The fourth-order valence-electron chi connectivity index (χ4n) is 3.86. The van der Waals surface area contributed by atoms with Gasteiger partial charge in [0.1, 0.15) is 0 Å². The van der Waals surface area contributed by atoms with Crippen LogP contribution in [0.5, 0.6) is 0 Å². The first-order chi connectivity index (χ1) is 15.9. The van der Waals surface area contributed by atoms with E-state index < -0.39 is 15.9 Å². The number of benzene rings is 3. The molecule has 0 aromatic heterocycles. The first-order valence-corrected chi connectivity index (χ1v) is 12.3. The fraction of sp³-hybridized carbons (Fsp3) is 0.115. The summed E-state index contributed by atoms with van der Waals surface area (Å²) < 4.78 is 28.8. The Hall–Kier alpha value is -3.35. The molecule has 1 heterocycles. The molecule has 1 N–H and O–H groups in total. The molecule has 3 aromatic rings. The lowest BCUT2D eigenvalue weighted by atomic mass is 9.95. The molecule has 0 saturated carbocycles. The number of amides is 1. The van der Waals surface area contributed by atoms with Crippen molar-refractivity contribution in [3.8, 4) is 0 Å². The van der Waals surface area contributed by atoms with E-state index in [0.29, 0.717) is 33.1 Å². The third kappa shape index (κ3) is 4.32.